The summed E-state index contributed by atoms with van der Waals surface area (Å²) in [5.41, 5.74) is 0.347. The maximum atomic E-state index is 5.48. The molecule has 1 aliphatic heterocycles. The van der Waals surface area contributed by atoms with E-state index >= 15 is 0 Å². The van der Waals surface area contributed by atoms with Crippen LogP contribution < -0.4 is 0 Å². The number of hydrogen-bond donors (Lipinski definition) is 0. The Bertz CT molecular complexity index is 202. The highest BCUT2D eigenvalue weighted by Crippen LogP contribution is 2.33. The topological polar surface area (TPSA) is 30.9 Å². The lowest BCUT2D eigenvalue weighted by Crippen LogP contribution is -2.44. The van der Waals surface area contributed by atoms with Crippen molar-refractivity contribution in [2.45, 2.75) is 12.8 Å². The summed E-state index contributed by atoms with van der Waals surface area (Å²) in [5, 5.41) is 1.04. The van der Waals surface area contributed by atoms with Crippen LogP contribution >= 0.6 is 15.9 Å². The van der Waals surface area contributed by atoms with Crippen molar-refractivity contribution in [2.24, 2.45) is 5.41 Å². The zero-order valence-electron chi connectivity index (χ0n) is 11.6. The van der Waals surface area contributed by atoms with Crippen LogP contribution in [0, 0.1) is 5.41 Å². The second kappa shape index (κ2) is 9.26. The molecule has 0 spiro atoms. The van der Waals surface area contributed by atoms with Crippen molar-refractivity contribution in [3.05, 3.63) is 0 Å². The molecule has 0 amide bonds. The Kier molecular flexibility index (Phi) is 8.42. The summed E-state index contributed by atoms with van der Waals surface area (Å²) in [6, 6.07) is 0. The first-order chi connectivity index (χ1) is 8.76. The van der Waals surface area contributed by atoms with Gasteiger partial charge in [0.15, 0.2) is 0 Å². The standard InChI is InChI=1S/C13H26BrNO3/c1-16-9-5-15(6-10-17-2)12-13(11-14)3-7-18-8-4-13/h3-12H2,1-2H3. The third-order valence-electron chi connectivity index (χ3n) is 3.62. The van der Waals surface area contributed by atoms with E-state index in [0.29, 0.717) is 5.41 Å². The Balaban J connectivity index is 2.49. The molecule has 0 radical (unpaired) electrons. The van der Waals surface area contributed by atoms with Gasteiger partial charge in [0, 0.05) is 52.4 Å². The number of hydrogen-bond acceptors (Lipinski definition) is 4. The summed E-state index contributed by atoms with van der Waals surface area (Å²) in [6.07, 6.45) is 2.27. The average Bonchev–Trinajstić information content (AvgIpc) is 2.43. The molecule has 0 aromatic heterocycles. The molecule has 4 nitrogen and oxygen atoms in total. The lowest BCUT2D eigenvalue weighted by molar-refractivity contribution is 0.000572. The second-order valence-electron chi connectivity index (χ2n) is 5.01. The van der Waals surface area contributed by atoms with Gasteiger partial charge < -0.3 is 14.2 Å². The van der Waals surface area contributed by atoms with Gasteiger partial charge in [-0.1, -0.05) is 15.9 Å². The summed E-state index contributed by atoms with van der Waals surface area (Å²) in [4.78, 5) is 2.44. The lowest BCUT2D eigenvalue weighted by Gasteiger charge is -2.39. The van der Waals surface area contributed by atoms with Gasteiger partial charge in [-0.2, -0.15) is 0 Å². The molecule has 1 fully saturated rings. The van der Waals surface area contributed by atoms with Gasteiger partial charge in [-0.25, -0.2) is 0 Å². The van der Waals surface area contributed by atoms with Crippen LogP contribution in [-0.4, -0.2) is 70.5 Å². The number of nitrogens with zero attached hydrogens (tertiary/aromatic N) is 1. The van der Waals surface area contributed by atoms with Crippen molar-refractivity contribution in [1.82, 2.24) is 4.90 Å². The number of halogens is 1. The first-order valence-electron chi connectivity index (χ1n) is 6.60. The van der Waals surface area contributed by atoms with Crippen LogP contribution in [-0.2, 0) is 14.2 Å². The largest absolute Gasteiger partial charge is 0.383 e. The monoisotopic (exact) mass is 323 g/mol. The predicted octanol–water partition coefficient (Wildman–Crippen LogP) is 1.77. The Morgan fingerprint density at radius 1 is 1.11 bits per heavy atom. The molecule has 5 heteroatoms. The zero-order chi connectivity index (χ0) is 13.3. The van der Waals surface area contributed by atoms with Crippen molar-refractivity contribution < 1.29 is 14.2 Å². The molecule has 0 aromatic rings. The molecule has 1 heterocycles. The normalized spacial score (nSPS) is 19.3. The fourth-order valence-electron chi connectivity index (χ4n) is 2.32. The fraction of sp³-hybridized carbons (Fsp3) is 1.00. The van der Waals surface area contributed by atoms with E-state index in [1.54, 1.807) is 14.2 Å². The van der Waals surface area contributed by atoms with Crippen LogP contribution in [0.5, 0.6) is 0 Å². The quantitative estimate of drug-likeness (QED) is 0.605. The Morgan fingerprint density at radius 2 is 1.67 bits per heavy atom. The first kappa shape index (κ1) is 16.4. The van der Waals surface area contributed by atoms with E-state index in [4.69, 9.17) is 14.2 Å². The summed E-state index contributed by atoms with van der Waals surface area (Å²) in [7, 11) is 3.51. The molecule has 0 bridgehead atoms. The molecular weight excluding hydrogens is 298 g/mol. The highest BCUT2D eigenvalue weighted by molar-refractivity contribution is 9.09. The van der Waals surface area contributed by atoms with E-state index in [0.717, 1.165) is 64.2 Å². The van der Waals surface area contributed by atoms with Gasteiger partial charge in [0.1, 0.15) is 0 Å². The smallest absolute Gasteiger partial charge is 0.0589 e. The summed E-state index contributed by atoms with van der Waals surface area (Å²) >= 11 is 3.69. The fourth-order valence-corrected chi connectivity index (χ4v) is 3.06. The number of rotatable bonds is 9. The van der Waals surface area contributed by atoms with Gasteiger partial charge in [-0.15, -0.1) is 0 Å². The third-order valence-corrected chi connectivity index (χ3v) is 4.81. The van der Waals surface area contributed by atoms with Gasteiger partial charge >= 0.3 is 0 Å². The molecule has 1 saturated heterocycles. The minimum Gasteiger partial charge on any atom is -0.383 e. The van der Waals surface area contributed by atoms with Gasteiger partial charge in [0.25, 0.3) is 0 Å². The SMILES string of the molecule is COCCN(CCOC)CC1(CBr)CCOCC1. The van der Waals surface area contributed by atoms with Crippen molar-refractivity contribution in [2.75, 3.05) is 65.6 Å². The molecule has 108 valence electrons. The molecule has 1 aliphatic rings. The first-order valence-corrected chi connectivity index (χ1v) is 7.72. The van der Waals surface area contributed by atoms with Crippen LogP contribution in [0.3, 0.4) is 0 Å². The van der Waals surface area contributed by atoms with Gasteiger partial charge in [0.05, 0.1) is 13.2 Å². The minimum atomic E-state index is 0.347. The molecule has 18 heavy (non-hydrogen) atoms. The zero-order valence-corrected chi connectivity index (χ0v) is 13.2. The molecular formula is C13H26BrNO3. The predicted molar refractivity (Wildman–Crippen MR) is 76.5 cm³/mol. The van der Waals surface area contributed by atoms with E-state index in [1.165, 1.54) is 0 Å². The average molecular weight is 324 g/mol. The van der Waals surface area contributed by atoms with E-state index < -0.39 is 0 Å². The van der Waals surface area contributed by atoms with Crippen molar-refractivity contribution in [3.8, 4) is 0 Å². The van der Waals surface area contributed by atoms with E-state index in [1.807, 2.05) is 0 Å². The minimum absolute atomic E-state index is 0.347. The van der Waals surface area contributed by atoms with E-state index in [-0.39, 0.29) is 0 Å². The van der Waals surface area contributed by atoms with Gasteiger partial charge in [-0.05, 0) is 18.3 Å². The maximum Gasteiger partial charge on any atom is 0.0589 e. The van der Waals surface area contributed by atoms with Gasteiger partial charge in [0.2, 0.25) is 0 Å². The van der Waals surface area contributed by atoms with E-state index in [9.17, 15) is 0 Å². The summed E-state index contributed by atoms with van der Waals surface area (Å²) < 4.78 is 15.9. The lowest BCUT2D eigenvalue weighted by atomic mass is 9.82. The van der Waals surface area contributed by atoms with E-state index in [2.05, 4.69) is 20.8 Å². The number of alkyl halides is 1. The van der Waals surface area contributed by atoms with Crippen LogP contribution in [0.2, 0.25) is 0 Å². The third kappa shape index (κ3) is 5.53. The van der Waals surface area contributed by atoms with Crippen LogP contribution in [0.4, 0.5) is 0 Å². The van der Waals surface area contributed by atoms with Crippen LogP contribution in [0.1, 0.15) is 12.8 Å². The van der Waals surface area contributed by atoms with Crippen molar-refractivity contribution in [3.63, 3.8) is 0 Å². The molecule has 0 saturated carbocycles. The second-order valence-corrected chi connectivity index (χ2v) is 5.57. The molecule has 0 N–H and O–H groups in total. The molecule has 1 rings (SSSR count). The molecule has 0 aliphatic carbocycles. The van der Waals surface area contributed by atoms with Crippen LogP contribution in [0.15, 0.2) is 0 Å². The van der Waals surface area contributed by atoms with Crippen LogP contribution in [0.25, 0.3) is 0 Å². The van der Waals surface area contributed by atoms with Crippen molar-refractivity contribution in [1.29, 1.82) is 0 Å². The Morgan fingerprint density at radius 3 is 2.11 bits per heavy atom. The van der Waals surface area contributed by atoms with Crippen molar-refractivity contribution >= 4 is 15.9 Å². The Labute approximate surface area is 119 Å². The highest BCUT2D eigenvalue weighted by Gasteiger charge is 2.33. The van der Waals surface area contributed by atoms with Gasteiger partial charge in [-0.3, -0.25) is 4.90 Å². The number of ether oxygens (including phenoxy) is 3. The molecule has 0 unspecified atom stereocenters. The molecule has 0 atom stereocenters. The summed E-state index contributed by atoms with van der Waals surface area (Å²) in [5.74, 6) is 0. The highest BCUT2D eigenvalue weighted by atomic mass is 79.9. The molecule has 0 aromatic carbocycles. The Hall–Kier alpha value is 0.320. The number of methoxy groups -OCH3 is 2. The maximum absolute atomic E-state index is 5.48. The summed E-state index contributed by atoms with van der Waals surface area (Å²) in [6.45, 7) is 6.35.